The molecule has 0 unspecified atom stereocenters. The zero-order chi connectivity index (χ0) is 10.3. The van der Waals surface area contributed by atoms with Crippen LogP contribution in [0, 0.1) is 0 Å². The summed E-state index contributed by atoms with van der Waals surface area (Å²) in [6.07, 6.45) is 3.01. The molecule has 0 saturated heterocycles. The number of fused-ring (bicyclic) bond motifs is 1. The highest BCUT2D eigenvalue weighted by Gasteiger charge is 2.17. The van der Waals surface area contributed by atoms with Crippen LogP contribution in [0.1, 0.15) is 5.56 Å². The lowest BCUT2D eigenvalue weighted by Gasteiger charge is -2.10. The van der Waals surface area contributed by atoms with Crippen LogP contribution in [0.4, 0.5) is 5.82 Å². The van der Waals surface area contributed by atoms with E-state index in [1.54, 1.807) is 11.3 Å². The van der Waals surface area contributed by atoms with Gasteiger partial charge in [-0.25, -0.2) is 9.97 Å². The van der Waals surface area contributed by atoms with Crippen molar-refractivity contribution < 1.29 is 0 Å². The summed E-state index contributed by atoms with van der Waals surface area (Å²) in [4.78, 5) is 11.0. The Morgan fingerprint density at radius 3 is 3.13 bits per heavy atom. The summed E-state index contributed by atoms with van der Waals surface area (Å²) < 4.78 is 0. The van der Waals surface area contributed by atoms with Crippen molar-refractivity contribution >= 4 is 17.2 Å². The van der Waals surface area contributed by atoms with Crippen LogP contribution in [0.3, 0.4) is 0 Å². The van der Waals surface area contributed by atoms with E-state index >= 15 is 0 Å². The monoisotopic (exact) mass is 217 g/mol. The molecule has 0 radical (unpaired) electrons. The van der Waals surface area contributed by atoms with Crippen LogP contribution in [0.5, 0.6) is 0 Å². The number of rotatable bonds is 1. The average molecular weight is 217 g/mol. The molecule has 3 heterocycles. The standard InChI is InChI=1S/C11H11N3S/c1-14-3-2-8-4-9(5-12-11(8)14)10-6-15-7-13-10/h4-7H,2-3H2,1H3. The molecule has 2 aromatic rings. The van der Waals surface area contributed by atoms with E-state index in [9.17, 15) is 0 Å². The van der Waals surface area contributed by atoms with Gasteiger partial charge in [-0.1, -0.05) is 0 Å². The van der Waals surface area contributed by atoms with Gasteiger partial charge in [-0.2, -0.15) is 0 Å². The molecule has 15 heavy (non-hydrogen) atoms. The predicted molar refractivity (Wildman–Crippen MR) is 62.3 cm³/mol. The Morgan fingerprint density at radius 2 is 2.33 bits per heavy atom. The van der Waals surface area contributed by atoms with Gasteiger partial charge in [-0.15, -0.1) is 11.3 Å². The fourth-order valence-electron chi connectivity index (χ4n) is 1.92. The number of likely N-dealkylation sites (N-methyl/N-ethyl adjacent to an activating group) is 1. The Labute approximate surface area is 92.4 Å². The molecule has 0 atom stereocenters. The molecule has 1 aliphatic rings. The number of hydrogen-bond acceptors (Lipinski definition) is 4. The van der Waals surface area contributed by atoms with Gasteiger partial charge in [0.05, 0.1) is 11.2 Å². The molecule has 0 aromatic carbocycles. The highest BCUT2D eigenvalue weighted by molar-refractivity contribution is 7.07. The zero-order valence-electron chi connectivity index (χ0n) is 8.47. The largest absolute Gasteiger partial charge is 0.359 e. The minimum absolute atomic E-state index is 1.03. The smallest absolute Gasteiger partial charge is 0.131 e. The molecule has 3 rings (SSSR count). The van der Waals surface area contributed by atoms with Crippen LogP contribution in [0.25, 0.3) is 11.3 Å². The first-order chi connectivity index (χ1) is 7.34. The van der Waals surface area contributed by atoms with Gasteiger partial charge < -0.3 is 4.90 Å². The third-order valence-corrected chi connectivity index (χ3v) is 3.34. The molecule has 0 saturated carbocycles. The minimum Gasteiger partial charge on any atom is -0.359 e. The Bertz CT molecular complexity index is 479. The number of anilines is 1. The SMILES string of the molecule is CN1CCc2cc(-c3cscn3)cnc21. The van der Waals surface area contributed by atoms with Crippen molar-refractivity contribution in [2.24, 2.45) is 0 Å². The van der Waals surface area contributed by atoms with Gasteiger partial charge in [0, 0.05) is 30.7 Å². The molecule has 0 aliphatic carbocycles. The minimum atomic E-state index is 1.03. The predicted octanol–water partition coefficient (Wildman–Crippen LogP) is 2.20. The summed E-state index contributed by atoms with van der Waals surface area (Å²) in [6, 6.07) is 2.21. The Balaban J connectivity index is 2.07. The van der Waals surface area contributed by atoms with Crippen LogP contribution in [-0.4, -0.2) is 23.6 Å². The summed E-state index contributed by atoms with van der Waals surface area (Å²) in [5, 5.41) is 2.06. The molecule has 0 N–H and O–H groups in total. The maximum atomic E-state index is 4.49. The summed E-state index contributed by atoms with van der Waals surface area (Å²) in [5.41, 5.74) is 5.35. The van der Waals surface area contributed by atoms with Crippen LogP contribution < -0.4 is 4.90 Å². The lowest BCUT2D eigenvalue weighted by Crippen LogP contribution is -2.13. The van der Waals surface area contributed by atoms with E-state index in [0.29, 0.717) is 0 Å². The second kappa shape index (κ2) is 3.31. The van der Waals surface area contributed by atoms with Crippen molar-refractivity contribution in [3.05, 3.63) is 28.7 Å². The normalized spacial score (nSPS) is 14.3. The molecule has 2 aromatic heterocycles. The third kappa shape index (κ3) is 1.41. The molecule has 0 fully saturated rings. The molecule has 1 aliphatic heterocycles. The van der Waals surface area contributed by atoms with Crippen LogP contribution >= 0.6 is 11.3 Å². The van der Waals surface area contributed by atoms with Gasteiger partial charge in [-0.3, -0.25) is 0 Å². The highest BCUT2D eigenvalue weighted by atomic mass is 32.1. The van der Waals surface area contributed by atoms with E-state index < -0.39 is 0 Å². The number of aromatic nitrogens is 2. The lowest BCUT2D eigenvalue weighted by molar-refractivity contribution is 0.945. The number of thiazole rings is 1. The van der Waals surface area contributed by atoms with Crippen molar-refractivity contribution in [1.82, 2.24) is 9.97 Å². The van der Waals surface area contributed by atoms with E-state index in [0.717, 1.165) is 30.0 Å². The molecule has 0 spiro atoms. The molecular weight excluding hydrogens is 206 g/mol. The van der Waals surface area contributed by atoms with Crippen LogP contribution in [0.2, 0.25) is 0 Å². The van der Waals surface area contributed by atoms with Crippen molar-refractivity contribution in [2.75, 3.05) is 18.5 Å². The van der Waals surface area contributed by atoms with Gasteiger partial charge in [0.1, 0.15) is 5.82 Å². The first kappa shape index (κ1) is 8.85. The fourth-order valence-corrected chi connectivity index (χ4v) is 2.48. The van der Waals surface area contributed by atoms with Crippen molar-refractivity contribution in [3.63, 3.8) is 0 Å². The molecule has 76 valence electrons. The van der Waals surface area contributed by atoms with E-state index in [-0.39, 0.29) is 0 Å². The van der Waals surface area contributed by atoms with Gasteiger partial charge in [0.25, 0.3) is 0 Å². The van der Waals surface area contributed by atoms with Crippen LogP contribution in [-0.2, 0) is 6.42 Å². The summed E-state index contributed by atoms with van der Waals surface area (Å²) in [5.74, 6) is 1.12. The maximum absolute atomic E-state index is 4.49. The topological polar surface area (TPSA) is 29.0 Å². The fraction of sp³-hybridized carbons (Fsp3) is 0.273. The number of nitrogens with zero attached hydrogens (tertiary/aromatic N) is 3. The van der Waals surface area contributed by atoms with Gasteiger partial charge in [0.15, 0.2) is 0 Å². The molecular formula is C11H11N3S. The van der Waals surface area contributed by atoms with E-state index in [2.05, 4.69) is 33.4 Å². The molecule has 0 amide bonds. The first-order valence-electron chi connectivity index (χ1n) is 4.93. The number of hydrogen-bond donors (Lipinski definition) is 0. The summed E-state index contributed by atoms with van der Waals surface area (Å²) in [7, 11) is 2.08. The summed E-state index contributed by atoms with van der Waals surface area (Å²) >= 11 is 1.62. The van der Waals surface area contributed by atoms with E-state index in [1.807, 2.05) is 11.7 Å². The Kier molecular flexibility index (Phi) is 1.95. The first-order valence-corrected chi connectivity index (χ1v) is 5.87. The van der Waals surface area contributed by atoms with Crippen molar-refractivity contribution in [2.45, 2.75) is 6.42 Å². The zero-order valence-corrected chi connectivity index (χ0v) is 9.29. The third-order valence-electron chi connectivity index (χ3n) is 2.75. The average Bonchev–Trinajstić information content (AvgIpc) is 2.88. The Hall–Kier alpha value is -1.42. The highest BCUT2D eigenvalue weighted by Crippen LogP contribution is 2.28. The quantitative estimate of drug-likeness (QED) is 0.733. The van der Waals surface area contributed by atoms with E-state index in [4.69, 9.17) is 0 Å². The Morgan fingerprint density at radius 1 is 1.40 bits per heavy atom. The lowest BCUT2D eigenvalue weighted by atomic mass is 10.1. The van der Waals surface area contributed by atoms with Crippen LogP contribution in [0.15, 0.2) is 23.2 Å². The molecule has 4 heteroatoms. The molecule has 3 nitrogen and oxygen atoms in total. The maximum Gasteiger partial charge on any atom is 0.131 e. The van der Waals surface area contributed by atoms with Crippen molar-refractivity contribution in [3.8, 4) is 11.3 Å². The second-order valence-electron chi connectivity index (χ2n) is 3.75. The van der Waals surface area contributed by atoms with Gasteiger partial charge in [0.2, 0.25) is 0 Å². The summed E-state index contributed by atoms with van der Waals surface area (Å²) in [6.45, 7) is 1.07. The van der Waals surface area contributed by atoms with Crippen molar-refractivity contribution in [1.29, 1.82) is 0 Å². The second-order valence-corrected chi connectivity index (χ2v) is 4.47. The van der Waals surface area contributed by atoms with Gasteiger partial charge >= 0.3 is 0 Å². The van der Waals surface area contributed by atoms with Gasteiger partial charge in [-0.05, 0) is 18.1 Å². The van der Waals surface area contributed by atoms with E-state index in [1.165, 1.54) is 5.56 Å². The number of pyridine rings is 1. The molecule has 0 bridgehead atoms.